The summed E-state index contributed by atoms with van der Waals surface area (Å²) in [6, 6.07) is 0. The predicted molar refractivity (Wildman–Crippen MR) is 55.9 cm³/mol. The first kappa shape index (κ1) is 11.0. The van der Waals surface area contributed by atoms with Crippen molar-refractivity contribution in [3.8, 4) is 11.8 Å². The van der Waals surface area contributed by atoms with Crippen molar-refractivity contribution < 1.29 is 0 Å². The Kier molecular flexibility index (Phi) is 7.49. The van der Waals surface area contributed by atoms with Crippen LogP contribution in [0, 0.1) is 11.8 Å². The van der Waals surface area contributed by atoms with Gasteiger partial charge >= 0.3 is 0 Å². The summed E-state index contributed by atoms with van der Waals surface area (Å²) in [4.78, 5) is 0. The second-order valence-corrected chi connectivity index (χ2v) is 2.84. The summed E-state index contributed by atoms with van der Waals surface area (Å²) >= 11 is 0. The minimum Gasteiger partial charge on any atom is -0.107 e. The first-order valence-electron chi connectivity index (χ1n) is 4.47. The molecule has 0 aliphatic carbocycles. The highest BCUT2D eigenvalue weighted by Crippen LogP contribution is 2.05. The SMILES string of the molecule is C=CCC/C(C)=C/CCC#CC. The molecule has 0 amide bonds. The maximum Gasteiger partial charge on any atom is 0.0123 e. The van der Waals surface area contributed by atoms with Gasteiger partial charge in [0.15, 0.2) is 0 Å². The van der Waals surface area contributed by atoms with E-state index in [0.29, 0.717) is 0 Å². The molecule has 0 heteroatoms. The Hall–Kier alpha value is -0.960. The number of rotatable bonds is 5. The Bertz CT molecular complexity index is 198. The third kappa shape index (κ3) is 7.15. The van der Waals surface area contributed by atoms with Gasteiger partial charge in [-0.1, -0.05) is 17.7 Å². The predicted octanol–water partition coefficient (Wildman–Crippen LogP) is 3.70. The van der Waals surface area contributed by atoms with Crippen molar-refractivity contribution in [3.05, 3.63) is 24.3 Å². The number of unbranched alkanes of at least 4 members (excludes halogenated alkanes) is 1. The van der Waals surface area contributed by atoms with E-state index in [0.717, 1.165) is 25.7 Å². The van der Waals surface area contributed by atoms with E-state index in [1.807, 2.05) is 13.0 Å². The van der Waals surface area contributed by atoms with Gasteiger partial charge in [0.1, 0.15) is 0 Å². The standard InChI is InChI=1S/C12H18/c1-4-6-8-9-11-12(3)10-7-5-2/h5,11H,2,7-10H2,1,3H3/b12-11+. The molecule has 0 rings (SSSR count). The summed E-state index contributed by atoms with van der Waals surface area (Å²) in [5, 5.41) is 0. The quantitative estimate of drug-likeness (QED) is 0.328. The molecule has 12 heavy (non-hydrogen) atoms. The van der Waals surface area contributed by atoms with Crippen LogP contribution in [0.4, 0.5) is 0 Å². The highest BCUT2D eigenvalue weighted by Gasteiger charge is 1.86. The zero-order valence-corrected chi connectivity index (χ0v) is 8.19. The van der Waals surface area contributed by atoms with Crippen LogP contribution in [0.3, 0.4) is 0 Å². The van der Waals surface area contributed by atoms with Crippen LogP contribution in [-0.4, -0.2) is 0 Å². The fourth-order valence-electron chi connectivity index (χ4n) is 0.948. The van der Waals surface area contributed by atoms with Gasteiger partial charge in [0.05, 0.1) is 0 Å². The molecule has 0 aromatic rings. The molecular formula is C12H18. The minimum atomic E-state index is 0.988. The van der Waals surface area contributed by atoms with E-state index in [-0.39, 0.29) is 0 Å². The van der Waals surface area contributed by atoms with Gasteiger partial charge in [-0.25, -0.2) is 0 Å². The summed E-state index contributed by atoms with van der Waals surface area (Å²) in [5.41, 5.74) is 1.45. The lowest BCUT2D eigenvalue weighted by molar-refractivity contribution is 0.950. The molecule has 0 aromatic carbocycles. The highest BCUT2D eigenvalue weighted by atomic mass is 13.9. The first-order chi connectivity index (χ1) is 5.81. The zero-order chi connectivity index (χ0) is 9.23. The lowest BCUT2D eigenvalue weighted by Crippen LogP contribution is -1.76. The number of hydrogen-bond acceptors (Lipinski definition) is 0. The van der Waals surface area contributed by atoms with E-state index >= 15 is 0 Å². The minimum absolute atomic E-state index is 0.988. The second-order valence-electron chi connectivity index (χ2n) is 2.84. The van der Waals surface area contributed by atoms with E-state index in [9.17, 15) is 0 Å². The van der Waals surface area contributed by atoms with Crippen molar-refractivity contribution in [1.29, 1.82) is 0 Å². The molecule has 0 unspecified atom stereocenters. The van der Waals surface area contributed by atoms with Crippen molar-refractivity contribution in [2.45, 2.75) is 39.5 Å². The van der Waals surface area contributed by atoms with Crippen molar-refractivity contribution in [3.63, 3.8) is 0 Å². The Morgan fingerprint density at radius 2 is 2.17 bits per heavy atom. The smallest absolute Gasteiger partial charge is 0.0123 e. The Morgan fingerprint density at radius 3 is 2.75 bits per heavy atom. The topological polar surface area (TPSA) is 0 Å². The van der Waals surface area contributed by atoms with E-state index in [4.69, 9.17) is 0 Å². The van der Waals surface area contributed by atoms with Crippen molar-refractivity contribution in [1.82, 2.24) is 0 Å². The number of allylic oxidation sites excluding steroid dienone is 3. The van der Waals surface area contributed by atoms with E-state index in [1.165, 1.54) is 5.57 Å². The molecule has 0 aliphatic heterocycles. The van der Waals surface area contributed by atoms with Crippen LogP contribution in [0.15, 0.2) is 24.3 Å². The van der Waals surface area contributed by atoms with Crippen LogP contribution in [0.2, 0.25) is 0 Å². The molecule has 0 heterocycles. The molecular weight excluding hydrogens is 144 g/mol. The van der Waals surface area contributed by atoms with E-state index < -0.39 is 0 Å². The maximum atomic E-state index is 3.69. The first-order valence-corrected chi connectivity index (χ1v) is 4.47. The molecule has 0 N–H and O–H groups in total. The lowest BCUT2D eigenvalue weighted by atomic mass is 10.1. The van der Waals surface area contributed by atoms with Crippen LogP contribution in [-0.2, 0) is 0 Å². The summed E-state index contributed by atoms with van der Waals surface area (Å²) in [5.74, 6) is 5.93. The average Bonchev–Trinajstić information content (AvgIpc) is 2.09. The molecule has 0 atom stereocenters. The van der Waals surface area contributed by atoms with Gasteiger partial charge in [-0.2, -0.15) is 0 Å². The summed E-state index contributed by atoms with van der Waals surface area (Å²) in [6.45, 7) is 7.75. The van der Waals surface area contributed by atoms with Gasteiger partial charge in [-0.3, -0.25) is 0 Å². The number of hydrogen-bond donors (Lipinski definition) is 0. The van der Waals surface area contributed by atoms with Crippen LogP contribution >= 0.6 is 0 Å². The van der Waals surface area contributed by atoms with Gasteiger partial charge < -0.3 is 0 Å². The van der Waals surface area contributed by atoms with Gasteiger partial charge in [0.2, 0.25) is 0 Å². The molecule has 0 bridgehead atoms. The highest BCUT2D eigenvalue weighted by molar-refractivity contribution is 5.02. The van der Waals surface area contributed by atoms with Gasteiger partial charge in [0, 0.05) is 6.42 Å². The average molecular weight is 162 g/mol. The Labute approximate surface area is 76.4 Å². The van der Waals surface area contributed by atoms with Crippen LogP contribution < -0.4 is 0 Å². The molecule has 0 nitrogen and oxygen atoms in total. The van der Waals surface area contributed by atoms with Crippen LogP contribution in [0.1, 0.15) is 39.5 Å². The third-order valence-electron chi connectivity index (χ3n) is 1.68. The molecule has 0 aliphatic rings. The van der Waals surface area contributed by atoms with Crippen molar-refractivity contribution >= 4 is 0 Å². The maximum absolute atomic E-state index is 3.69. The molecule has 0 aromatic heterocycles. The molecule has 0 fully saturated rings. The Morgan fingerprint density at radius 1 is 1.42 bits per heavy atom. The van der Waals surface area contributed by atoms with Crippen molar-refractivity contribution in [2.75, 3.05) is 0 Å². The van der Waals surface area contributed by atoms with E-state index in [1.54, 1.807) is 0 Å². The van der Waals surface area contributed by atoms with Crippen LogP contribution in [0.25, 0.3) is 0 Å². The largest absolute Gasteiger partial charge is 0.107 e. The van der Waals surface area contributed by atoms with Gasteiger partial charge in [-0.05, 0) is 33.1 Å². The summed E-state index contributed by atoms with van der Waals surface area (Å²) in [6.07, 6.45) is 8.54. The summed E-state index contributed by atoms with van der Waals surface area (Å²) < 4.78 is 0. The third-order valence-corrected chi connectivity index (χ3v) is 1.68. The molecule has 0 spiro atoms. The normalized spacial score (nSPS) is 10.3. The molecule has 0 radical (unpaired) electrons. The van der Waals surface area contributed by atoms with Gasteiger partial charge in [-0.15, -0.1) is 18.4 Å². The van der Waals surface area contributed by atoms with Crippen LogP contribution in [0.5, 0.6) is 0 Å². The Balaban J connectivity index is 3.51. The van der Waals surface area contributed by atoms with Gasteiger partial charge in [0.25, 0.3) is 0 Å². The molecule has 0 saturated heterocycles. The fourth-order valence-corrected chi connectivity index (χ4v) is 0.948. The fraction of sp³-hybridized carbons (Fsp3) is 0.500. The monoisotopic (exact) mass is 162 g/mol. The second kappa shape index (κ2) is 8.14. The zero-order valence-electron chi connectivity index (χ0n) is 8.19. The van der Waals surface area contributed by atoms with E-state index in [2.05, 4.69) is 31.4 Å². The van der Waals surface area contributed by atoms with Crippen molar-refractivity contribution in [2.24, 2.45) is 0 Å². The lowest BCUT2D eigenvalue weighted by Gasteiger charge is -1.95. The molecule has 0 saturated carbocycles. The summed E-state index contributed by atoms with van der Waals surface area (Å²) in [7, 11) is 0. The molecule has 66 valence electrons.